The first kappa shape index (κ1) is 14.7. The summed E-state index contributed by atoms with van der Waals surface area (Å²) in [6.07, 6.45) is -2.93. The van der Waals surface area contributed by atoms with Gasteiger partial charge in [0.2, 0.25) is 0 Å². The third kappa shape index (κ3) is 2.47. The van der Waals surface area contributed by atoms with Crippen LogP contribution in [0.1, 0.15) is 29.7 Å². The number of hydrogen-bond donors (Lipinski definition) is 1. The van der Waals surface area contributed by atoms with E-state index in [1.54, 1.807) is 6.92 Å². The zero-order chi connectivity index (χ0) is 15.1. The Morgan fingerprint density at radius 3 is 2.50 bits per heavy atom. The fourth-order valence-electron chi connectivity index (χ4n) is 2.16. The van der Waals surface area contributed by atoms with Crippen LogP contribution in [0.25, 0.3) is 0 Å². The summed E-state index contributed by atoms with van der Waals surface area (Å²) in [7, 11) is 0. The lowest BCUT2D eigenvalue weighted by atomic mass is 10.1. The molecule has 1 aromatic rings. The SMILES string of the molecule is Cc1cnc(CNC2(C(F)(F)F)CC2)c(C)c1[N+](=O)[O-]. The van der Waals surface area contributed by atoms with E-state index in [-0.39, 0.29) is 30.8 Å². The third-order valence-corrected chi connectivity index (χ3v) is 3.65. The fourth-order valence-corrected chi connectivity index (χ4v) is 2.16. The first-order chi connectivity index (χ1) is 9.18. The molecule has 0 bridgehead atoms. The zero-order valence-electron chi connectivity index (χ0n) is 11.0. The van der Waals surface area contributed by atoms with E-state index in [2.05, 4.69) is 10.3 Å². The molecule has 1 saturated carbocycles. The maximum absolute atomic E-state index is 12.8. The van der Waals surface area contributed by atoms with Crippen molar-refractivity contribution in [3.05, 3.63) is 33.1 Å². The highest BCUT2D eigenvalue weighted by Gasteiger charge is 2.63. The molecule has 20 heavy (non-hydrogen) atoms. The molecule has 0 spiro atoms. The van der Waals surface area contributed by atoms with Crippen molar-refractivity contribution in [2.45, 2.75) is 44.9 Å². The Kier molecular flexibility index (Phi) is 3.45. The molecule has 1 aliphatic rings. The number of halogens is 3. The van der Waals surface area contributed by atoms with Crippen LogP contribution in [-0.2, 0) is 6.54 Å². The Morgan fingerprint density at radius 1 is 1.45 bits per heavy atom. The van der Waals surface area contributed by atoms with E-state index in [4.69, 9.17) is 0 Å². The summed E-state index contributed by atoms with van der Waals surface area (Å²) in [5.41, 5.74) is -0.957. The topological polar surface area (TPSA) is 68.1 Å². The summed E-state index contributed by atoms with van der Waals surface area (Å²) in [6, 6.07) is 0. The molecule has 0 saturated heterocycles. The van der Waals surface area contributed by atoms with E-state index in [1.807, 2.05) is 0 Å². The van der Waals surface area contributed by atoms with Gasteiger partial charge in [0.25, 0.3) is 5.69 Å². The number of aromatic nitrogens is 1. The van der Waals surface area contributed by atoms with Crippen LogP contribution < -0.4 is 5.32 Å². The first-order valence-electron chi connectivity index (χ1n) is 6.09. The molecule has 8 heteroatoms. The molecule has 0 aliphatic heterocycles. The van der Waals surface area contributed by atoms with E-state index >= 15 is 0 Å². The van der Waals surface area contributed by atoms with E-state index in [9.17, 15) is 23.3 Å². The number of nitrogens with one attached hydrogen (secondary N) is 1. The second-order valence-corrected chi connectivity index (χ2v) is 5.05. The van der Waals surface area contributed by atoms with Crippen molar-refractivity contribution < 1.29 is 18.1 Å². The molecule has 1 aromatic heterocycles. The van der Waals surface area contributed by atoms with Gasteiger partial charge >= 0.3 is 6.18 Å². The molecule has 2 rings (SSSR count). The summed E-state index contributed by atoms with van der Waals surface area (Å²) < 4.78 is 38.3. The molecule has 1 aliphatic carbocycles. The van der Waals surface area contributed by atoms with Crippen LogP contribution in [0.5, 0.6) is 0 Å². The number of rotatable bonds is 4. The number of alkyl halides is 3. The first-order valence-corrected chi connectivity index (χ1v) is 6.09. The lowest BCUT2D eigenvalue weighted by Gasteiger charge is -2.21. The van der Waals surface area contributed by atoms with Gasteiger partial charge in [0, 0.05) is 23.9 Å². The van der Waals surface area contributed by atoms with Gasteiger partial charge in [-0.05, 0) is 26.7 Å². The second-order valence-electron chi connectivity index (χ2n) is 5.05. The average Bonchev–Trinajstić information content (AvgIpc) is 3.08. The van der Waals surface area contributed by atoms with Crippen LogP contribution in [0.4, 0.5) is 18.9 Å². The Hall–Kier alpha value is -1.70. The summed E-state index contributed by atoms with van der Waals surface area (Å²) in [4.78, 5) is 14.4. The highest BCUT2D eigenvalue weighted by Crippen LogP contribution is 2.49. The van der Waals surface area contributed by atoms with E-state index in [1.165, 1.54) is 13.1 Å². The van der Waals surface area contributed by atoms with Crippen LogP contribution in [-0.4, -0.2) is 21.6 Å². The molecule has 0 amide bonds. The standard InChI is InChI=1S/C12H14F3N3O2/c1-7-5-16-9(8(2)10(7)18(19)20)6-17-11(3-4-11)12(13,14)15/h5,17H,3-4,6H2,1-2H3. The smallest absolute Gasteiger partial charge is 0.298 e. The Labute approximate surface area is 113 Å². The van der Waals surface area contributed by atoms with Crippen molar-refractivity contribution in [1.29, 1.82) is 0 Å². The maximum atomic E-state index is 12.8. The summed E-state index contributed by atoms with van der Waals surface area (Å²) in [6.45, 7) is 2.92. The Balaban J connectivity index is 2.20. The molecule has 1 N–H and O–H groups in total. The van der Waals surface area contributed by atoms with Gasteiger partial charge in [-0.2, -0.15) is 13.2 Å². The molecule has 5 nitrogen and oxygen atoms in total. The lowest BCUT2D eigenvalue weighted by molar-refractivity contribution is -0.386. The van der Waals surface area contributed by atoms with Crippen molar-refractivity contribution in [2.24, 2.45) is 0 Å². The summed E-state index contributed by atoms with van der Waals surface area (Å²) in [5.74, 6) is 0. The van der Waals surface area contributed by atoms with Crippen molar-refractivity contribution in [3.8, 4) is 0 Å². The van der Waals surface area contributed by atoms with Gasteiger partial charge in [-0.1, -0.05) is 0 Å². The number of nitrogens with zero attached hydrogens (tertiary/aromatic N) is 2. The van der Waals surface area contributed by atoms with Crippen LogP contribution >= 0.6 is 0 Å². The summed E-state index contributed by atoms with van der Waals surface area (Å²) in [5, 5.41) is 13.4. The van der Waals surface area contributed by atoms with Crippen LogP contribution in [0, 0.1) is 24.0 Å². The molecule has 0 radical (unpaired) electrons. The fraction of sp³-hybridized carbons (Fsp3) is 0.583. The minimum Gasteiger partial charge on any atom is -0.298 e. The van der Waals surface area contributed by atoms with Crippen molar-refractivity contribution in [3.63, 3.8) is 0 Å². The molecule has 1 fully saturated rings. The van der Waals surface area contributed by atoms with E-state index in [0.717, 1.165) is 0 Å². The largest absolute Gasteiger partial charge is 0.406 e. The van der Waals surface area contributed by atoms with Gasteiger partial charge in [-0.15, -0.1) is 0 Å². The minimum atomic E-state index is -4.31. The number of aryl methyl sites for hydroxylation is 1. The predicted octanol–water partition coefficient (Wildman–Crippen LogP) is 2.79. The van der Waals surface area contributed by atoms with Gasteiger partial charge in [-0.25, -0.2) is 0 Å². The highest BCUT2D eigenvalue weighted by atomic mass is 19.4. The number of pyridine rings is 1. The molecule has 0 aromatic carbocycles. The van der Waals surface area contributed by atoms with Crippen LogP contribution in [0.3, 0.4) is 0 Å². The normalized spacial score (nSPS) is 17.1. The van der Waals surface area contributed by atoms with Crippen molar-refractivity contribution in [1.82, 2.24) is 10.3 Å². The quantitative estimate of drug-likeness (QED) is 0.683. The van der Waals surface area contributed by atoms with Gasteiger partial charge < -0.3 is 0 Å². The minimum absolute atomic E-state index is 0.0313. The molecular formula is C12H14F3N3O2. The maximum Gasteiger partial charge on any atom is 0.406 e. The van der Waals surface area contributed by atoms with Crippen LogP contribution in [0.2, 0.25) is 0 Å². The highest BCUT2D eigenvalue weighted by molar-refractivity contribution is 5.47. The lowest BCUT2D eigenvalue weighted by Crippen LogP contribution is -2.44. The third-order valence-electron chi connectivity index (χ3n) is 3.65. The number of nitro groups is 1. The van der Waals surface area contributed by atoms with Crippen molar-refractivity contribution in [2.75, 3.05) is 0 Å². The summed E-state index contributed by atoms with van der Waals surface area (Å²) >= 11 is 0. The van der Waals surface area contributed by atoms with Crippen molar-refractivity contribution >= 4 is 5.69 Å². The number of hydrogen-bond acceptors (Lipinski definition) is 4. The predicted molar refractivity (Wildman–Crippen MR) is 65.2 cm³/mol. The Morgan fingerprint density at radius 2 is 2.05 bits per heavy atom. The average molecular weight is 289 g/mol. The van der Waals surface area contributed by atoms with E-state index in [0.29, 0.717) is 11.1 Å². The van der Waals surface area contributed by atoms with Gasteiger partial charge in [0.1, 0.15) is 5.54 Å². The molecule has 1 heterocycles. The van der Waals surface area contributed by atoms with Gasteiger partial charge in [0.05, 0.1) is 10.6 Å². The molecule has 110 valence electrons. The van der Waals surface area contributed by atoms with E-state index < -0.39 is 16.6 Å². The molecular weight excluding hydrogens is 275 g/mol. The molecule has 0 atom stereocenters. The molecule has 0 unspecified atom stereocenters. The Bertz CT molecular complexity index is 554. The van der Waals surface area contributed by atoms with Crippen LogP contribution in [0.15, 0.2) is 6.20 Å². The monoisotopic (exact) mass is 289 g/mol. The second kappa shape index (κ2) is 4.69. The zero-order valence-corrected chi connectivity index (χ0v) is 11.0. The van der Waals surface area contributed by atoms with Gasteiger partial charge in [0.15, 0.2) is 0 Å². The van der Waals surface area contributed by atoms with Gasteiger partial charge in [-0.3, -0.25) is 20.4 Å².